The van der Waals surface area contributed by atoms with Crippen LogP contribution in [0.3, 0.4) is 0 Å². The molecule has 2 aromatic carbocycles. The van der Waals surface area contributed by atoms with Crippen LogP contribution in [0.4, 0.5) is 26.3 Å². The van der Waals surface area contributed by atoms with Gasteiger partial charge < -0.3 is 20.2 Å². The summed E-state index contributed by atoms with van der Waals surface area (Å²) in [6.45, 7) is 2.03. The summed E-state index contributed by atoms with van der Waals surface area (Å²) < 4.78 is 75.5. The third-order valence-corrected chi connectivity index (χ3v) is 8.33. The summed E-state index contributed by atoms with van der Waals surface area (Å²) in [6, 6.07) is 15.7. The fourth-order valence-corrected chi connectivity index (χ4v) is 5.70. The zero-order chi connectivity index (χ0) is 36.2. The largest absolute Gasteiger partial charge is 0.490 e. The van der Waals surface area contributed by atoms with Crippen molar-refractivity contribution in [2.75, 3.05) is 24.6 Å². The predicted molar refractivity (Wildman–Crippen MR) is 167 cm³/mol. The van der Waals surface area contributed by atoms with Crippen LogP contribution in [0.2, 0.25) is 0 Å². The van der Waals surface area contributed by atoms with Gasteiger partial charge in [-0.05, 0) is 49.1 Å². The Morgan fingerprint density at radius 2 is 1.55 bits per heavy atom. The van der Waals surface area contributed by atoms with E-state index in [0.29, 0.717) is 11.1 Å². The number of benzene rings is 2. The van der Waals surface area contributed by atoms with Crippen molar-refractivity contribution in [3.8, 4) is 0 Å². The Bertz CT molecular complexity index is 1620. The highest BCUT2D eigenvalue weighted by molar-refractivity contribution is 7.99. The van der Waals surface area contributed by atoms with E-state index < -0.39 is 53.5 Å². The minimum Gasteiger partial charge on any atom is -0.475 e. The summed E-state index contributed by atoms with van der Waals surface area (Å²) in [4.78, 5) is 60.8. The fourth-order valence-electron chi connectivity index (χ4n) is 4.83. The van der Waals surface area contributed by atoms with Gasteiger partial charge in [0, 0.05) is 25.7 Å². The number of likely N-dealkylation sites (tertiary alicyclic amines) is 1. The standard InChI is InChI=1S/C29H33F3N4O5S.C2HF3O2/c30-29(31,32)25(37)19-42-16-6-9-22(34-26(38)18-36-23-10-4-5-11-24(23)41-28(36)40)27(39)33-21-12-14-35(15-13-21)17-20-7-2-1-3-8-20;3-2(4,5)1(6)7/h1-5,7-8,10-11,21-22H,6,9,12-19H2,(H,33,39)(H,34,38);(H,6,7)/t22-;/m0./s1. The number of amides is 2. The van der Waals surface area contributed by atoms with Gasteiger partial charge in [0.25, 0.3) is 0 Å². The number of aromatic nitrogens is 1. The fraction of sp³-hybridized carbons (Fsp3) is 0.452. The number of halogens is 6. The second-order valence-electron chi connectivity index (χ2n) is 11.0. The van der Waals surface area contributed by atoms with Crippen molar-refractivity contribution in [3.63, 3.8) is 0 Å². The van der Waals surface area contributed by atoms with E-state index in [1.807, 2.05) is 18.2 Å². The minimum atomic E-state index is -5.08. The number of aliphatic carboxylic acids is 1. The SMILES string of the molecule is O=C(Cn1c(=O)oc2ccccc21)N[C@@H](CCCSCC(=O)C(F)(F)F)C(=O)NC1CCN(Cc2ccccc2)CC1.O=C(O)C(F)(F)F. The van der Waals surface area contributed by atoms with Gasteiger partial charge in [0.1, 0.15) is 12.6 Å². The molecule has 0 radical (unpaired) electrons. The Balaban J connectivity index is 0.000000838. The Hall–Kier alpha value is -4.32. The first-order valence-corrected chi connectivity index (χ1v) is 16.1. The number of nitrogens with one attached hydrogen (secondary N) is 2. The summed E-state index contributed by atoms with van der Waals surface area (Å²) in [5.74, 6) is -6.76. The lowest BCUT2D eigenvalue weighted by molar-refractivity contribution is -0.192. The number of nitrogens with zero attached hydrogens (tertiary/aromatic N) is 2. The molecule has 1 aliphatic rings. The van der Waals surface area contributed by atoms with Gasteiger partial charge >= 0.3 is 24.1 Å². The van der Waals surface area contributed by atoms with Crippen molar-refractivity contribution in [2.45, 2.75) is 63.2 Å². The van der Waals surface area contributed by atoms with E-state index in [2.05, 4.69) is 27.7 Å². The molecule has 1 aliphatic heterocycles. The van der Waals surface area contributed by atoms with Gasteiger partial charge in [-0.3, -0.25) is 23.9 Å². The predicted octanol–water partition coefficient (Wildman–Crippen LogP) is 4.14. The van der Waals surface area contributed by atoms with Crippen LogP contribution in [0.1, 0.15) is 31.2 Å². The molecule has 268 valence electrons. The Kier molecular flexibility index (Phi) is 14.3. The number of carboxylic acid groups (broad SMARTS) is 1. The molecule has 49 heavy (non-hydrogen) atoms. The molecule has 0 bridgehead atoms. The highest BCUT2D eigenvalue weighted by Gasteiger charge is 2.38. The number of fused-ring (bicyclic) bond motifs is 1. The number of piperidine rings is 1. The summed E-state index contributed by atoms with van der Waals surface area (Å²) in [6.07, 6.45) is -8.07. The lowest BCUT2D eigenvalue weighted by Gasteiger charge is -2.33. The van der Waals surface area contributed by atoms with Crippen molar-refractivity contribution in [1.29, 1.82) is 0 Å². The first kappa shape index (κ1) is 39.1. The zero-order valence-electron chi connectivity index (χ0n) is 25.9. The molecule has 1 atom stereocenters. The lowest BCUT2D eigenvalue weighted by atomic mass is 10.0. The molecule has 0 saturated carbocycles. The Labute approximate surface area is 280 Å². The van der Waals surface area contributed by atoms with Gasteiger partial charge in [-0.2, -0.15) is 38.1 Å². The molecule has 2 amide bonds. The van der Waals surface area contributed by atoms with E-state index in [1.165, 1.54) is 10.1 Å². The van der Waals surface area contributed by atoms with Crippen molar-refractivity contribution in [2.24, 2.45) is 0 Å². The Morgan fingerprint density at radius 1 is 0.939 bits per heavy atom. The van der Waals surface area contributed by atoms with Crippen LogP contribution in [0.5, 0.6) is 0 Å². The smallest absolute Gasteiger partial charge is 0.475 e. The average molecular weight is 721 g/mol. The molecule has 0 unspecified atom stereocenters. The van der Waals surface area contributed by atoms with Crippen molar-refractivity contribution in [1.82, 2.24) is 20.1 Å². The number of ketones is 1. The van der Waals surface area contributed by atoms with Crippen LogP contribution in [0.25, 0.3) is 11.1 Å². The van der Waals surface area contributed by atoms with Crippen LogP contribution < -0.4 is 16.4 Å². The topological polar surface area (TPSA) is 151 Å². The summed E-state index contributed by atoms with van der Waals surface area (Å²) in [5, 5.41) is 12.8. The average Bonchev–Trinajstić information content (AvgIpc) is 3.35. The lowest BCUT2D eigenvalue weighted by Crippen LogP contribution is -2.52. The number of hydrogen-bond acceptors (Lipinski definition) is 8. The number of Topliss-reactive ketones (excluding diaryl/α,β-unsaturated/α-hetero) is 1. The number of carbonyl (C=O) groups is 4. The number of hydrogen-bond donors (Lipinski definition) is 3. The second-order valence-corrected chi connectivity index (χ2v) is 12.1. The third-order valence-electron chi connectivity index (χ3n) is 7.28. The van der Waals surface area contributed by atoms with Crippen molar-refractivity contribution >= 4 is 46.4 Å². The summed E-state index contributed by atoms with van der Waals surface area (Å²) in [7, 11) is 0. The molecule has 18 heteroatoms. The van der Waals surface area contributed by atoms with Crippen LogP contribution >= 0.6 is 11.8 Å². The van der Waals surface area contributed by atoms with Crippen molar-refractivity contribution in [3.05, 3.63) is 70.7 Å². The van der Waals surface area contributed by atoms with Gasteiger partial charge in [0.05, 0.1) is 11.3 Å². The maximum atomic E-state index is 13.3. The number of thioether (sulfide) groups is 1. The maximum absolute atomic E-state index is 13.3. The normalized spacial score (nSPS) is 14.8. The van der Waals surface area contributed by atoms with Crippen LogP contribution in [-0.4, -0.2) is 87.2 Å². The Morgan fingerprint density at radius 3 is 2.16 bits per heavy atom. The van der Waals surface area contributed by atoms with E-state index >= 15 is 0 Å². The summed E-state index contributed by atoms with van der Waals surface area (Å²) >= 11 is 0.827. The highest BCUT2D eigenvalue weighted by atomic mass is 32.2. The number of rotatable bonds is 13. The molecule has 4 rings (SSSR count). The molecular weight excluding hydrogens is 686 g/mol. The molecule has 1 saturated heterocycles. The van der Waals surface area contributed by atoms with Gasteiger partial charge in [-0.15, -0.1) is 0 Å². The van der Waals surface area contributed by atoms with Crippen LogP contribution in [0.15, 0.2) is 63.8 Å². The molecule has 1 aromatic heterocycles. The van der Waals surface area contributed by atoms with Gasteiger partial charge in [-0.1, -0.05) is 42.5 Å². The first-order chi connectivity index (χ1) is 23.0. The monoisotopic (exact) mass is 720 g/mol. The molecule has 11 nitrogen and oxygen atoms in total. The molecule has 0 spiro atoms. The third kappa shape index (κ3) is 12.9. The van der Waals surface area contributed by atoms with Crippen LogP contribution in [0, 0.1) is 0 Å². The molecule has 1 fully saturated rings. The first-order valence-electron chi connectivity index (χ1n) is 15.0. The van der Waals surface area contributed by atoms with Crippen molar-refractivity contribution < 1.29 is 55.0 Å². The molecule has 2 heterocycles. The van der Waals surface area contributed by atoms with E-state index in [1.54, 1.807) is 24.3 Å². The molecular formula is C31H34F6N4O7S. The minimum absolute atomic E-state index is 0.0943. The molecule has 3 N–H and O–H groups in total. The number of oxazole rings is 1. The summed E-state index contributed by atoms with van der Waals surface area (Å²) in [5.41, 5.74) is 1.97. The van der Waals surface area contributed by atoms with Gasteiger partial charge in [0.2, 0.25) is 17.6 Å². The zero-order valence-corrected chi connectivity index (χ0v) is 26.7. The maximum Gasteiger partial charge on any atom is 0.490 e. The van der Waals surface area contributed by atoms with Gasteiger partial charge in [-0.25, -0.2) is 9.59 Å². The number of carbonyl (C=O) groups excluding carboxylic acids is 3. The number of para-hydroxylation sites is 2. The highest BCUT2D eigenvalue weighted by Crippen LogP contribution is 2.20. The molecule has 3 aromatic rings. The molecule has 0 aliphatic carbocycles. The quantitative estimate of drug-likeness (QED) is 0.175. The number of alkyl halides is 6. The number of carboxylic acids is 1. The van der Waals surface area contributed by atoms with Gasteiger partial charge in [0.15, 0.2) is 5.58 Å². The van der Waals surface area contributed by atoms with E-state index in [9.17, 15) is 45.5 Å². The van der Waals surface area contributed by atoms with Crippen LogP contribution in [-0.2, 0) is 32.3 Å². The second kappa shape index (κ2) is 17.9. The van der Waals surface area contributed by atoms with E-state index in [0.717, 1.165) is 44.2 Å². The van der Waals surface area contributed by atoms with E-state index in [4.69, 9.17) is 14.3 Å². The van der Waals surface area contributed by atoms with E-state index in [-0.39, 0.29) is 31.2 Å².